The van der Waals surface area contributed by atoms with Crippen molar-refractivity contribution in [3.63, 3.8) is 0 Å². The third-order valence-corrected chi connectivity index (χ3v) is 3.85. The molecule has 1 fully saturated rings. The molecule has 18 heavy (non-hydrogen) atoms. The summed E-state index contributed by atoms with van der Waals surface area (Å²) in [6, 6.07) is 0. The van der Waals surface area contributed by atoms with Crippen molar-refractivity contribution in [2.45, 2.75) is 44.9 Å². The first kappa shape index (κ1) is 15.8. The van der Waals surface area contributed by atoms with Gasteiger partial charge in [0.1, 0.15) is 0 Å². The fourth-order valence-electron chi connectivity index (χ4n) is 2.60. The second kappa shape index (κ2) is 9.62. The molecule has 0 radical (unpaired) electrons. The third kappa shape index (κ3) is 5.57. The average Bonchev–Trinajstić information content (AvgIpc) is 2.33. The van der Waals surface area contributed by atoms with Crippen molar-refractivity contribution in [3.8, 4) is 0 Å². The van der Waals surface area contributed by atoms with Gasteiger partial charge in [-0.05, 0) is 12.8 Å². The summed E-state index contributed by atoms with van der Waals surface area (Å²) in [6.45, 7) is 1.90. The van der Waals surface area contributed by atoms with Crippen molar-refractivity contribution in [2.75, 3.05) is 32.7 Å². The highest BCUT2D eigenvalue weighted by molar-refractivity contribution is 6.18. The number of amides is 1. The lowest BCUT2D eigenvalue weighted by molar-refractivity contribution is -0.136. The first-order valence-corrected chi connectivity index (χ1v) is 7.66. The van der Waals surface area contributed by atoms with Gasteiger partial charge in [-0.2, -0.15) is 0 Å². The highest BCUT2D eigenvalue weighted by Crippen LogP contribution is 2.24. The topological polar surface area (TPSA) is 29.5 Å². The Hall–Kier alpha value is -0.280. The molecule has 0 atom stereocenters. The zero-order valence-electron chi connectivity index (χ0n) is 11.5. The van der Waals surface area contributed by atoms with E-state index >= 15 is 0 Å². The van der Waals surface area contributed by atoms with Gasteiger partial charge in [0, 0.05) is 32.0 Å². The van der Waals surface area contributed by atoms with Gasteiger partial charge in [0.15, 0.2) is 0 Å². The van der Waals surface area contributed by atoms with E-state index in [-0.39, 0.29) is 11.8 Å². The molecule has 0 heterocycles. The molecule has 0 saturated heterocycles. The van der Waals surface area contributed by atoms with Gasteiger partial charge in [-0.25, -0.2) is 0 Å². The second-order valence-electron chi connectivity index (χ2n) is 5.05. The first-order chi connectivity index (χ1) is 8.79. The number of rotatable bonds is 6. The van der Waals surface area contributed by atoms with Crippen molar-refractivity contribution < 1.29 is 9.53 Å². The highest BCUT2D eigenvalue weighted by Gasteiger charge is 2.24. The molecule has 1 saturated carbocycles. The van der Waals surface area contributed by atoms with Gasteiger partial charge in [-0.3, -0.25) is 4.79 Å². The van der Waals surface area contributed by atoms with Crippen LogP contribution >= 0.6 is 11.6 Å². The molecular weight excluding hydrogens is 250 g/mol. The number of ether oxygens (including phenoxy) is 1. The number of hydrogen-bond acceptors (Lipinski definition) is 2. The van der Waals surface area contributed by atoms with Crippen LogP contribution in [0.2, 0.25) is 0 Å². The van der Waals surface area contributed by atoms with Gasteiger partial charge < -0.3 is 9.64 Å². The summed E-state index contributed by atoms with van der Waals surface area (Å²) in [4.78, 5) is 14.3. The van der Waals surface area contributed by atoms with Gasteiger partial charge >= 0.3 is 0 Å². The summed E-state index contributed by atoms with van der Waals surface area (Å²) in [5.74, 6) is 1.00. The van der Waals surface area contributed by atoms with E-state index in [9.17, 15) is 4.79 Å². The molecule has 1 rings (SSSR count). The number of nitrogens with zero attached hydrogens (tertiary/aromatic N) is 1. The smallest absolute Gasteiger partial charge is 0.225 e. The Balaban J connectivity index is 2.49. The Morgan fingerprint density at radius 1 is 1.17 bits per heavy atom. The predicted molar refractivity (Wildman–Crippen MR) is 75.0 cm³/mol. The van der Waals surface area contributed by atoms with Crippen molar-refractivity contribution in [3.05, 3.63) is 0 Å². The monoisotopic (exact) mass is 275 g/mol. The van der Waals surface area contributed by atoms with E-state index < -0.39 is 0 Å². The molecule has 1 aliphatic rings. The number of methoxy groups -OCH3 is 1. The van der Waals surface area contributed by atoms with E-state index in [2.05, 4.69) is 0 Å². The zero-order valence-corrected chi connectivity index (χ0v) is 12.3. The Morgan fingerprint density at radius 3 is 2.33 bits per heavy atom. The SMILES string of the molecule is COCCN(CCCl)C(=O)C1CCCCCCC1. The molecule has 0 aromatic heterocycles. The summed E-state index contributed by atoms with van der Waals surface area (Å²) < 4.78 is 5.06. The summed E-state index contributed by atoms with van der Waals surface area (Å²) in [6.07, 6.45) is 8.35. The molecule has 0 aliphatic heterocycles. The van der Waals surface area contributed by atoms with Gasteiger partial charge in [0.25, 0.3) is 0 Å². The maximum absolute atomic E-state index is 12.5. The van der Waals surface area contributed by atoms with Crippen LogP contribution in [0.1, 0.15) is 44.9 Å². The highest BCUT2D eigenvalue weighted by atomic mass is 35.5. The summed E-state index contributed by atoms with van der Waals surface area (Å²) in [5.41, 5.74) is 0. The maximum Gasteiger partial charge on any atom is 0.225 e. The Bertz CT molecular complexity index is 221. The maximum atomic E-state index is 12.5. The lowest BCUT2D eigenvalue weighted by Crippen LogP contribution is -2.39. The van der Waals surface area contributed by atoms with E-state index in [1.54, 1.807) is 7.11 Å². The Labute approximate surface area is 116 Å². The van der Waals surface area contributed by atoms with Crippen molar-refractivity contribution in [1.82, 2.24) is 4.90 Å². The normalized spacial score (nSPS) is 18.1. The fraction of sp³-hybridized carbons (Fsp3) is 0.929. The Kier molecular flexibility index (Phi) is 8.44. The third-order valence-electron chi connectivity index (χ3n) is 3.69. The fourth-order valence-corrected chi connectivity index (χ4v) is 2.80. The minimum atomic E-state index is 0.213. The van der Waals surface area contributed by atoms with Crippen LogP contribution in [-0.2, 0) is 9.53 Å². The summed E-state index contributed by atoms with van der Waals surface area (Å²) in [5, 5.41) is 0. The van der Waals surface area contributed by atoms with Crippen molar-refractivity contribution in [1.29, 1.82) is 0 Å². The molecule has 106 valence electrons. The minimum absolute atomic E-state index is 0.213. The lowest BCUT2D eigenvalue weighted by Gasteiger charge is -2.27. The van der Waals surface area contributed by atoms with Gasteiger partial charge in [0.2, 0.25) is 5.91 Å². The number of carbonyl (C=O) groups is 1. The van der Waals surface area contributed by atoms with Crippen LogP contribution in [0.5, 0.6) is 0 Å². The number of alkyl halides is 1. The number of hydrogen-bond donors (Lipinski definition) is 0. The molecule has 1 amide bonds. The van der Waals surface area contributed by atoms with E-state index in [4.69, 9.17) is 16.3 Å². The minimum Gasteiger partial charge on any atom is -0.383 e. The largest absolute Gasteiger partial charge is 0.383 e. The van der Waals surface area contributed by atoms with Crippen LogP contribution < -0.4 is 0 Å². The molecule has 0 unspecified atom stereocenters. The molecular formula is C14H26ClNO2. The van der Waals surface area contributed by atoms with E-state index in [0.29, 0.717) is 25.6 Å². The molecule has 0 aromatic rings. The molecule has 0 spiro atoms. The molecule has 0 aromatic carbocycles. The molecule has 0 N–H and O–H groups in total. The number of carbonyl (C=O) groups excluding carboxylic acids is 1. The molecule has 4 heteroatoms. The van der Waals surface area contributed by atoms with E-state index in [1.807, 2.05) is 4.90 Å². The van der Waals surface area contributed by atoms with Crippen molar-refractivity contribution in [2.24, 2.45) is 5.92 Å². The van der Waals surface area contributed by atoms with Crippen molar-refractivity contribution >= 4 is 17.5 Å². The Morgan fingerprint density at radius 2 is 1.78 bits per heavy atom. The van der Waals surface area contributed by atoms with Crippen LogP contribution in [-0.4, -0.2) is 43.5 Å². The van der Waals surface area contributed by atoms with Crippen LogP contribution in [0.25, 0.3) is 0 Å². The van der Waals surface area contributed by atoms with Crippen LogP contribution in [0.15, 0.2) is 0 Å². The molecule has 1 aliphatic carbocycles. The van der Waals surface area contributed by atoms with Gasteiger partial charge in [-0.1, -0.05) is 32.1 Å². The van der Waals surface area contributed by atoms with E-state index in [0.717, 1.165) is 12.8 Å². The zero-order chi connectivity index (χ0) is 13.2. The van der Waals surface area contributed by atoms with Gasteiger partial charge in [0.05, 0.1) is 6.61 Å². The van der Waals surface area contributed by atoms with Crippen LogP contribution in [0, 0.1) is 5.92 Å². The summed E-state index contributed by atoms with van der Waals surface area (Å²) >= 11 is 5.78. The summed E-state index contributed by atoms with van der Waals surface area (Å²) in [7, 11) is 1.67. The van der Waals surface area contributed by atoms with Gasteiger partial charge in [-0.15, -0.1) is 11.6 Å². The first-order valence-electron chi connectivity index (χ1n) is 7.13. The van der Waals surface area contributed by atoms with E-state index in [1.165, 1.54) is 32.1 Å². The average molecular weight is 276 g/mol. The van der Waals surface area contributed by atoms with Crippen LogP contribution in [0.4, 0.5) is 0 Å². The molecule has 3 nitrogen and oxygen atoms in total. The standard InChI is InChI=1S/C14H26ClNO2/c1-18-12-11-16(10-9-15)14(17)13-7-5-3-2-4-6-8-13/h13H,2-12H2,1H3. The second-order valence-corrected chi connectivity index (χ2v) is 5.43. The van der Waals surface area contributed by atoms with Crippen LogP contribution in [0.3, 0.4) is 0 Å². The quantitative estimate of drug-likeness (QED) is 0.697. The lowest BCUT2D eigenvalue weighted by atomic mass is 9.90. The number of halogens is 1. The molecule has 0 bridgehead atoms. The predicted octanol–water partition coefficient (Wildman–Crippen LogP) is 3.06.